The number of H-pyrrole nitrogens is 1. The van der Waals surface area contributed by atoms with Crippen LogP contribution in [0.4, 0.5) is 0 Å². The number of hydrogen-bond donors (Lipinski definition) is 3. The topological polar surface area (TPSA) is 96.2 Å². The van der Waals surface area contributed by atoms with Crippen LogP contribution in [0.3, 0.4) is 0 Å². The lowest BCUT2D eigenvalue weighted by atomic mass is 10.1. The Labute approximate surface area is 84.2 Å². The van der Waals surface area contributed by atoms with Gasteiger partial charge in [0.25, 0.3) is 5.91 Å². The van der Waals surface area contributed by atoms with E-state index in [1.807, 2.05) is 0 Å². The average Bonchev–Trinajstić information content (AvgIpc) is 2.17. The summed E-state index contributed by atoms with van der Waals surface area (Å²) in [7, 11) is 0. The quantitative estimate of drug-likeness (QED) is 0.624. The first-order valence-corrected chi connectivity index (χ1v) is 4.24. The van der Waals surface area contributed by atoms with Gasteiger partial charge in [-0.3, -0.25) is 9.59 Å². The second kappa shape index (κ2) is 3.13. The van der Waals surface area contributed by atoms with E-state index in [0.29, 0.717) is 5.52 Å². The first-order chi connectivity index (χ1) is 7.11. The number of primary amides is 1. The van der Waals surface area contributed by atoms with Crippen LogP contribution in [-0.2, 0) is 0 Å². The molecule has 0 aliphatic rings. The highest BCUT2D eigenvalue weighted by atomic mass is 16.3. The van der Waals surface area contributed by atoms with Gasteiger partial charge < -0.3 is 15.8 Å². The molecule has 0 saturated heterocycles. The SMILES string of the molecule is NC(=O)c1c[nH]c2cccc(O)c2c1=O. The number of phenols is 1. The molecule has 2 aromatic rings. The lowest BCUT2D eigenvalue weighted by molar-refractivity contribution is 0.0999. The number of aromatic amines is 1. The van der Waals surface area contributed by atoms with Crippen LogP contribution in [0.25, 0.3) is 10.9 Å². The van der Waals surface area contributed by atoms with Crippen molar-refractivity contribution in [2.45, 2.75) is 0 Å². The molecule has 1 aromatic heterocycles. The number of aromatic nitrogens is 1. The number of phenolic OH excluding ortho intramolecular Hbond substituents is 1. The van der Waals surface area contributed by atoms with Gasteiger partial charge in [0.15, 0.2) is 0 Å². The third kappa shape index (κ3) is 1.34. The summed E-state index contributed by atoms with van der Waals surface area (Å²) in [6, 6.07) is 4.60. The summed E-state index contributed by atoms with van der Waals surface area (Å²) in [4.78, 5) is 25.3. The molecule has 0 aliphatic carbocycles. The molecule has 0 atom stereocenters. The molecule has 0 bridgehead atoms. The molecule has 1 heterocycles. The molecule has 76 valence electrons. The monoisotopic (exact) mass is 204 g/mol. The van der Waals surface area contributed by atoms with Crippen molar-refractivity contribution < 1.29 is 9.90 Å². The van der Waals surface area contributed by atoms with Crippen molar-refractivity contribution in [1.29, 1.82) is 0 Å². The number of carbonyl (C=O) groups excluding carboxylic acids is 1. The summed E-state index contributed by atoms with van der Waals surface area (Å²) in [5.41, 5.74) is 4.75. The fourth-order valence-electron chi connectivity index (χ4n) is 1.43. The smallest absolute Gasteiger partial charge is 0.254 e. The van der Waals surface area contributed by atoms with Crippen molar-refractivity contribution in [2.24, 2.45) is 5.73 Å². The van der Waals surface area contributed by atoms with E-state index in [1.54, 1.807) is 12.1 Å². The number of amides is 1. The molecule has 0 fully saturated rings. The van der Waals surface area contributed by atoms with Crippen LogP contribution in [-0.4, -0.2) is 16.0 Å². The van der Waals surface area contributed by atoms with E-state index in [-0.39, 0.29) is 16.7 Å². The van der Waals surface area contributed by atoms with Gasteiger partial charge in [-0.1, -0.05) is 6.07 Å². The molecule has 0 radical (unpaired) electrons. The summed E-state index contributed by atoms with van der Waals surface area (Å²) >= 11 is 0. The maximum Gasteiger partial charge on any atom is 0.254 e. The number of fused-ring (bicyclic) bond motifs is 1. The van der Waals surface area contributed by atoms with Crippen LogP contribution in [0.5, 0.6) is 5.75 Å². The molecule has 1 amide bonds. The van der Waals surface area contributed by atoms with Gasteiger partial charge in [0.2, 0.25) is 5.43 Å². The first-order valence-electron chi connectivity index (χ1n) is 4.24. The fourth-order valence-corrected chi connectivity index (χ4v) is 1.43. The Balaban J connectivity index is 2.96. The van der Waals surface area contributed by atoms with Crippen molar-refractivity contribution in [3.63, 3.8) is 0 Å². The van der Waals surface area contributed by atoms with Crippen molar-refractivity contribution in [3.8, 4) is 5.75 Å². The van der Waals surface area contributed by atoms with E-state index in [4.69, 9.17) is 5.73 Å². The van der Waals surface area contributed by atoms with E-state index in [2.05, 4.69) is 4.98 Å². The highest BCUT2D eigenvalue weighted by Gasteiger charge is 2.11. The fraction of sp³-hybridized carbons (Fsp3) is 0. The van der Waals surface area contributed by atoms with E-state index >= 15 is 0 Å². The molecule has 0 unspecified atom stereocenters. The minimum absolute atomic E-state index is 0.0776. The predicted molar refractivity (Wildman–Crippen MR) is 54.8 cm³/mol. The Kier molecular flexibility index (Phi) is 1.93. The number of nitrogens with one attached hydrogen (secondary N) is 1. The molecule has 5 nitrogen and oxygen atoms in total. The van der Waals surface area contributed by atoms with Gasteiger partial charge in [-0.15, -0.1) is 0 Å². The molecule has 0 spiro atoms. The van der Waals surface area contributed by atoms with E-state index in [1.165, 1.54) is 12.3 Å². The average molecular weight is 204 g/mol. The van der Waals surface area contributed by atoms with Crippen LogP contribution in [0.1, 0.15) is 10.4 Å². The highest BCUT2D eigenvalue weighted by Crippen LogP contribution is 2.19. The van der Waals surface area contributed by atoms with E-state index in [9.17, 15) is 14.7 Å². The Morgan fingerprint density at radius 3 is 2.80 bits per heavy atom. The zero-order chi connectivity index (χ0) is 11.0. The number of pyridine rings is 1. The van der Waals surface area contributed by atoms with Gasteiger partial charge in [-0.25, -0.2) is 0 Å². The molecule has 1 aromatic carbocycles. The normalized spacial score (nSPS) is 10.4. The number of benzene rings is 1. The largest absolute Gasteiger partial charge is 0.507 e. The number of carbonyl (C=O) groups is 1. The van der Waals surface area contributed by atoms with E-state index in [0.717, 1.165) is 0 Å². The lowest BCUT2D eigenvalue weighted by Gasteiger charge is -2.01. The van der Waals surface area contributed by atoms with Gasteiger partial charge >= 0.3 is 0 Å². The summed E-state index contributed by atoms with van der Waals surface area (Å²) < 4.78 is 0. The standard InChI is InChI=1S/C10H8N2O3/c11-10(15)5-4-12-6-2-1-3-7(13)8(6)9(5)14/h1-4,13H,(H2,11,15)(H,12,14). The summed E-state index contributed by atoms with van der Waals surface area (Å²) in [6.45, 7) is 0. The third-order valence-electron chi connectivity index (χ3n) is 2.15. The van der Waals surface area contributed by atoms with Gasteiger partial charge in [-0.2, -0.15) is 0 Å². The van der Waals surface area contributed by atoms with Gasteiger partial charge in [0.05, 0.1) is 10.9 Å². The summed E-state index contributed by atoms with van der Waals surface area (Å²) in [5, 5.41) is 9.56. The molecule has 0 aliphatic heterocycles. The molecule has 4 N–H and O–H groups in total. The highest BCUT2D eigenvalue weighted by molar-refractivity contribution is 5.97. The van der Waals surface area contributed by atoms with Crippen molar-refractivity contribution in [1.82, 2.24) is 4.98 Å². The Bertz CT molecular complexity index is 601. The summed E-state index contributed by atoms with van der Waals surface area (Å²) in [5.74, 6) is -0.988. The number of hydrogen-bond acceptors (Lipinski definition) is 3. The zero-order valence-electron chi connectivity index (χ0n) is 7.65. The third-order valence-corrected chi connectivity index (χ3v) is 2.15. The van der Waals surface area contributed by atoms with Gasteiger partial charge in [0, 0.05) is 6.20 Å². The van der Waals surface area contributed by atoms with Crippen LogP contribution < -0.4 is 11.2 Å². The number of rotatable bonds is 1. The maximum atomic E-state index is 11.7. The molecule has 2 rings (SSSR count). The minimum atomic E-state index is -0.818. The first kappa shape index (κ1) is 9.26. The second-order valence-electron chi connectivity index (χ2n) is 3.10. The minimum Gasteiger partial charge on any atom is -0.507 e. The van der Waals surface area contributed by atoms with Crippen LogP contribution in [0.2, 0.25) is 0 Å². The van der Waals surface area contributed by atoms with Crippen LogP contribution in [0.15, 0.2) is 29.2 Å². The molecular weight excluding hydrogens is 196 g/mol. The van der Waals surface area contributed by atoms with E-state index < -0.39 is 11.3 Å². The Morgan fingerprint density at radius 1 is 1.40 bits per heavy atom. The van der Waals surface area contributed by atoms with Crippen molar-refractivity contribution in [3.05, 3.63) is 40.2 Å². The summed E-state index contributed by atoms with van der Waals surface area (Å²) in [6.07, 6.45) is 1.24. The van der Waals surface area contributed by atoms with Gasteiger partial charge in [0.1, 0.15) is 11.3 Å². The second-order valence-corrected chi connectivity index (χ2v) is 3.10. The molecular formula is C10H8N2O3. The van der Waals surface area contributed by atoms with Crippen molar-refractivity contribution >= 4 is 16.8 Å². The van der Waals surface area contributed by atoms with Gasteiger partial charge in [-0.05, 0) is 12.1 Å². The predicted octanol–water partition coefficient (Wildman–Crippen LogP) is 0.333. The van der Waals surface area contributed by atoms with Crippen LogP contribution in [0, 0.1) is 0 Å². The number of nitrogens with two attached hydrogens (primary N) is 1. The van der Waals surface area contributed by atoms with Crippen molar-refractivity contribution in [2.75, 3.05) is 0 Å². The zero-order valence-corrected chi connectivity index (χ0v) is 7.65. The Morgan fingerprint density at radius 2 is 2.13 bits per heavy atom. The molecule has 15 heavy (non-hydrogen) atoms. The Hall–Kier alpha value is -2.30. The molecule has 5 heteroatoms. The lowest BCUT2D eigenvalue weighted by Crippen LogP contribution is -2.22. The van der Waals surface area contributed by atoms with Crippen LogP contribution >= 0.6 is 0 Å². The molecule has 0 saturated carbocycles. The maximum absolute atomic E-state index is 11.7. The number of aromatic hydroxyl groups is 1.